The van der Waals surface area contributed by atoms with Crippen molar-refractivity contribution in [2.75, 3.05) is 5.75 Å². The van der Waals surface area contributed by atoms with Gasteiger partial charge in [0.2, 0.25) is 0 Å². The Morgan fingerprint density at radius 3 is 2.48 bits per heavy atom. The molecule has 2 nitrogen and oxygen atoms in total. The molecule has 128 valence electrons. The van der Waals surface area contributed by atoms with E-state index in [9.17, 15) is 5.11 Å². The van der Waals surface area contributed by atoms with Crippen LogP contribution in [-0.4, -0.2) is 21.9 Å². The highest BCUT2D eigenvalue weighted by atomic mass is 32.2. The summed E-state index contributed by atoms with van der Waals surface area (Å²) in [5, 5.41) is 10.1. The Morgan fingerprint density at radius 2 is 1.74 bits per heavy atom. The van der Waals surface area contributed by atoms with Gasteiger partial charge in [-0.3, -0.25) is 0 Å². The monoisotopic (exact) mass is 351 g/mol. The number of rotatable bonds is 12. The van der Waals surface area contributed by atoms with E-state index in [1.54, 1.807) is 23.1 Å². The number of unbranched alkanes of at least 4 members (excludes halogenated alkanes) is 7. The van der Waals surface area contributed by atoms with Gasteiger partial charge in [-0.1, -0.05) is 82.2 Å². The SMILES string of the molecule is CCCCCCCCCCC(O)CSc1nc2ccccc2s1. The molecule has 0 spiro atoms. The zero-order valence-corrected chi connectivity index (χ0v) is 15.8. The van der Waals surface area contributed by atoms with Crippen LogP contribution in [0.2, 0.25) is 0 Å². The van der Waals surface area contributed by atoms with E-state index in [4.69, 9.17) is 0 Å². The average molecular weight is 352 g/mol. The summed E-state index contributed by atoms with van der Waals surface area (Å²) in [7, 11) is 0. The number of hydrogen-bond donors (Lipinski definition) is 1. The molecule has 0 saturated carbocycles. The highest BCUT2D eigenvalue weighted by molar-refractivity contribution is 8.01. The molecule has 1 N–H and O–H groups in total. The van der Waals surface area contributed by atoms with E-state index < -0.39 is 0 Å². The normalized spacial score (nSPS) is 12.8. The fourth-order valence-electron chi connectivity index (χ4n) is 2.68. The van der Waals surface area contributed by atoms with Crippen LogP contribution in [-0.2, 0) is 0 Å². The van der Waals surface area contributed by atoms with Crippen molar-refractivity contribution in [3.63, 3.8) is 0 Å². The van der Waals surface area contributed by atoms with Crippen LogP contribution >= 0.6 is 23.1 Å². The molecule has 1 aromatic heterocycles. The fraction of sp³-hybridized carbons (Fsp3) is 0.632. The van der Waals surface area contributed by atoms with Crippen LogP contribution in [0.1, 0.15) is 64.7 Å². The van der Waals surface area contributed by atoms with Crippen LogP contribution in [0.25, 0.3) is 10.2 Å². The zero-order chi connectivity index (χ0) is 16.3. The van der Waals surface area contributed by atoms with Crippen LogP contribution in [0.4, 0.5) is 0 Å². The minimum absolute atomic E-state index is 0.202. The summed E-state index contributed by atoms with van der Waals surface area (Å²) >= 11 is 3.41. The second kappa shape index (κ2) is 11.1. The fourth-order valence-corrected chi connectivity index (χ4v) is 4.75. The van der Waals surface area contributed by atoms with Crippen molar-refractivity contribution >= 4 is 33.3 Å². The maximum absolute atomic E-state index is 10.1. The van der Waals surface area contributed by atoms with Crippen molar-refractivity contribution in [2.45, 2.75) is 75.2 Å². The zero-order valence-electron chi connectivity index (χ0n) is 14.2. The van der Waals surface area contributed by atoms with Crippen molar-refractivity contribution in [1.29, 1.82) is 0 Å². The quantitative estimate of drug-likeness (QED) is 0.361. The number of para-hydroxylation sites is 1. The summed E-state index contributed by atoms with van der Waals surface area (Å²) < 4.78 is 2.30. The van der Waals surface area contributed by atoms with Gasteiger partial charge in [0.05, 0.1) is 16.3 Å². The highest BCUT2D eigenvalue weighted by Crippen LogP contribution is 2.30. The standard InChI is InChI=1S/C19H29NOS2/c1-2-3-4-5-6-7-8-9-12-16(21)15-22-19-20-17-13-10-11-14-18(17)23-19/h10-11,13-14,16,21H,2-9,12,15H2,1H3. The average Bonchev–Trinajstić information content (AvgIpc) is 2.98. The predicted molar refractivity (Wildman–Crippen MR) is 104 cm³/mol. The van der Waals surface area contributed by atoms with Crippen LogP contribution in [0.5, 0.6) is 0 Å². The van der Waals surface area contributed by atoms with Crippen molar-refractivity contribution in [2.24, 2.45) is 0 Å². The number of aliphatic hydroxyl groups excluding tert-OH is 1. The van der Waals surface area contributed by atoms with Gasteiger partial charge in [-0.05, 0) is 18.6 Å². The first kappa shape index (κ1) is 18.8. The topological polar surface area (TPSA) is 33.1 Å². The number of thiazole rings is 1. The lowest BCUT2D eigenvalue weighted by atomic mass is 10.1. The molecule has 1 heterocycles. The number of aliphatic hydroxyl groups is 1. The summed E-state index contributed by atoms with van der Waals surface area (Å²) in [4.78, 5) is 4.60. The van der Waals surface area contributed by atoms with Gasteiger partial charge >= 0.3 is 0 Å². The number of aromatic nitrogens is 1. The molecular formula is C19H29NOS2. The number of nitrogens with zero attached hydrogens (tertiary/aromatic N) is 1. The Balaban J connectivity index is 1.54. The van der Waals surface area contributed by atoms with E-state index in [0.29, 0.717) is 0 Å². The molecule has 1 unspecified atom stereocenters. The molecule has 0 aliphatic heterocycles. The molecule has 4 heteroatoms. The van der Waals surface area contributed by atoms with Gasteiger partial charge in [0, 0.05) is 5.75 Å². The third-order valence-electron chi connectivity index (χ3n) is 4.06. The number of hydrogen-bond acceptors (Lipinski definition) is 4. The molecule has 0 radical (unpaired) electrons. The molecule has 1 aromatic carbocycles. The second-order valence-electron chi connectivity index (χ2n) is 6.18. The molecular weight excluding hydrogens is 322 g/mol. The van der Waals surface area contributed by atoms with E-state index in [1.807, 2.05) is 18.2 Å². The van der Waals surface area contributed by atoms with Gasteiger partial charge in [0.15, 0.2) is 4.34 Å². The first-order chi connectivity index (χ1) is 11.3. The molecule has 0 amide bonds. The van der Waals surface area contributed by atoms with Gasteiger partial charge in [-0.25, -0.2) is 4.98 Å². The van der Waals surface area contributed by atoms with E-state index >= 15 is 0 Å². The van der Waals surface area contributed by atoms with Gasteiger partial charge in [0.25, 0.3) is 0 Å². The summed E-state index contributed by atoms with van der Waals surface area (Å²) in [6, 6.07) is 8.22. The molecule has 1 atom stereocenters. The second-order valence-corrected chi connectivity index (χ2v) is 8.47. The Hall–Kier alpha value is -0.580. The van der Waals surface area contributed by atoms with Crippen molar-refractivity contribution in [3.05, 3.63) is 24.3 Å². The summed E-state index contributed by atoms with van der Waals surface area (Å²) in [6.07, 6.45) is 11.3. The van der Waals surface area contributed by atoms with Crippen LogP contribution < -0.4 is 0 Å². The summed E-state index contributed by atoms with van der Waals surface area (Å²) in [5.41, 5.74) is 1.07. The molecule has 0 aliphatic carbocycles. The maximum Gasteiger partial charge on any atom is 0.151 e. The van der Waals surface area contributed by atoms with E-state index in [2.05, 4.69) is 18.0 Å². The van der Waals surface area contributed by atoms with Crippen LogP contribution in [0, 0.1) is 0 Å². The molecule has 23 heavy (non-hydrogen) atoms. The summed E-state index contributed by atoms with van der Waals surface area (Å²) in [5.74, 6) is 0.760. The molecule has 0 saturated heterocycles. The molecule has 2 rings (SSSR count). The highest BCUT2D eigenvalue weighted by Gasteiger charge is 2.08. The number of fused-ring (bicyclic) bond motifs is 1. The van der Waals surface area contributed by atoms with E-state index in [1.165, 1.54) is 49.6 Å². The molecule has 0 bridgehead atoms. The molecule has 0 fully saturated rings. The van der Waals surface area contributed by atoms with Gasteiger partial charge in [-0.15, -0.1) is 11.3 Å². The Labute approximate surface area is 148 Å². The largest absolute Gasteiger partial charge is 0.392 e. The smallest absolute Gasteiger partial charge is 0.151 e. The van der Waals surface area contributed by atoms with Crippen LogP contribution in [0.15, 0.2) is 28.6 Å². The first-order valence-electron chi connectivity index (χ1n) is 8.96. The minimum Gasteiger partial charge on any atom is -0.392 e. The Bertz CT molecular complexity index is 522. The van der Waals surface area contributed by atoms with Gasteiger partial charge < -0.3 is 5.11 Å². The Kier molecular flexibility index (Phi) is 9.02. The van der Waals surface area contributed by atoms with E-state index in [-0.39, 0.29) is 6.10 Å². The molecule has 2 aromatic rings. The first-order valence-corrected chi connectivity index (χ1v) is 10.8. The van der Waals surface area contributed by atoms with Crippen LogP contribution in [0.3, 0.4) is 0 Å². The summed E-state index contributed by atoms with van der Waals surface area (Å²) in [6.45, 7) is 2.26. The lowest BCUT2D eigenvalue weighted by Crippen LogP contribution is -2.09. The predicted octanol–water partition coefficient (Wildman–Crippen LogP) is 6.28. The number of thioether (sulfide) groups is 1. The molecule has 0 aliphatic rings. The van der Waals surface area contributed by atoms with Gasteiger partial charge in [0.1, 0.15) is 0 Å². The lowest BCUT2D eigenvalue weighted by molar-refractivity contribution is 0.185. The Morgan fingerprint density at radius 1 is 1.04 bits per heavy atom. The van der Waals surface area contributed by atoms with Crippen molar-refractivity contribution < 1.29 is 5.11 Å². The maximum atomic E-state index is 10.1. The van der Waals surface area contributed by atoms with Crippen molar-refractivity contribution in [3.8, 4) is 0 Å². The third kappa shape index (κ3) is 7.23. The van der Waals surface area contributed by atoms with Crippen molar-refractivity contribution in [1.82, 2.24) is 4.98 Å². The lowest BCUT2D eigenvalue weighted by Gasteiger charge is -2.08. The van der Waals surface area contributed by atoms with Gasteiger partial charge in [-0.2, -0.15) is 0 Å². The number of benzene rings is 1. The van der Waals surface area contributed by atoms with E-state index in [0.717, 1.165) is 28.5 Å². The third-order valence-corrected chi connectivity index (χ3v) is 6.39. The minimum atomic E-state index is -0.202.